The maximum atomic E-state index is 13.7. The highest BCUT2D eigenvalue weighted by atomic mass is 32.2. The Kier molecular flexibility index (Phi) is 11.7. The maximum absolute atomic E-state index is 13.7. The molecular weight excluding hydrogens is 592 g/mol. The van der Waals surface area contributed by atoms with E-state index >= 15 is 0 Å². The van der Waals surface area contributed by atoms with Crippen LogP contribution in [0.4, 0.5) is 0 Å². The number of aromatic amines is 2. The van der Waals surface area contributed by atoms with Crippen LogP contribution in [0.3, 0.4) is 0 Å². The Morgan fingerprint density at radius 1 is 0.778 bits per heavy atom. The van der Waals surface area contributed by atoms with Gasteiger partial charge in [-0.2, -0.15) is 11.8 Å². The molecule has 45 heavy (non-hydrogen) atoms. The molecule has 2 aromatic heterocycles. The number of H-pyrrole nitrogens is 2. The number of carboxylic acids is 1. The molecule has 0 aliphatic heterocycles. The number of thioether (sulfide) groups is 1. The van der Waals surface area contributed by atoms with Gasteiger partial charge in [-0.05, 0) is 60.4 Å². The first-order chi connectivity index (χ1) is 21.6. The zero-order valence-corrected chi connectivity index (χ0v) is 26.6. The van der Waals surface area contributed by atoms with Crippen molar-refractivity contribution in [1.29, 1.82) is 0 Å². The number of rotatable bonds is 16. The number of aliphatic carboxylic acids is 1. The van der Waals surface area contributed by atoms with E-state index in [2.05, 4.69) is 25.9 Å². The third-order valence-corrected chi connectivity index (χ3v) is 8.39. The lowest BCUT2D eigenvalue weighted by atomic mass is 10.0. The number of nitrogens with one attached hydrogen (secondary N) is 5. The van der Waals surface area contributed by atoms with Gasteiger partial charge in [0.05, 0.1) is 6.04 Å². The molecule has 8 N–H and O–H groups in total. The van der Waals surface area contributed by atoms with Crippen molar-refractivity contribution in [1.82, 2.24) is 25.9 Å². The minimum absolute atomic E-state index is 0.0210. The fraction of sp³-hybridized carbons (Fsp3) is 0.394. The van der Waals surface area contributed by atoms with Gasteiger partial charge >= 0.3 is 5.97 Å². The van der Waals surface area contributed by atoms with Gasteiger partial charge in [0, 0.05) is 40.6 Å². The summed E-state index contributed by atoms with van der Waals surface area (Å²) >= 11 is 1.52. The molecule has 4 rings (SSSR count). The summed E-state index contributed by atoms with van der Waals surface area (Å²) < 4.78 is 0. The fourth-order valence-corrected chi connectivity index (χ4v) is 5.85. The number of nitrogens with two attached hydrogens (primary N) is 1. The predicted molar refractivity (Wildman–Crippen MR) is 178 cm³/mol. The van der Waals surface area contributed by atoms with E-state index in [0.717, 1.165) is 32.9 Å². The van der Waals surface area contributed by atoms with E-state index in [4.69, 9.17) is 5.73 Å². The molecule has 0 aliphatic rings. The molecule has 12 heteroatoms. The Bertz CT molecular complexity index is 1630. The largest absolute Gasteiger partial charge is 0.480 e. The summed E-state index contributed by atoms with van der Waals surface area (Å²) in [5, 5.41) is 19.8. The molecule has 2 heterocycles. The SMILES string of the molecule is CSCCC(NC(=O)C(N)Cc1c[nH]c2ccccc12)C(=O)NC(Cc1c[nH]c2ccccc12)C(=O)NC(CC(C)C)C(=O)O. The number of hydrogen-bond acceptors (Lipinski definition) is 6. The van der Waals surface area contributed by atoms with Gasteiger partial charge in [0.1, 0.15) is 18.1 Å². The quantitative estimate of drug-likeness (QED) is 0.0988. The molecule has 0 spiro atoms. The van der Waals surface area contributed by atoms with E-state index in [1.54, 1.807) is 6.20 Å². The second-order valence-electron chi connectivity index (χ2n) is 11.7. The zero-order chi connectivity index (χ0) is 32.5. The monoisotopic (exact) mass is 634 g/mol. The van der Waals surface area contributed by atoms with Crippen molar-refractivity contribution < 1.29 is 24.3 Å². The van der Waals surface area contributed by atoms with Crippen LogP contribution in [0, 0.1) is 5.92 Å². The van der Waals surface area contributed by atoms with E-state index in [9.17, 15) is 24.3 Å². The van der Waals surface area contributed by atoms with Gasteiger partial charge in [0.25, 0.3) is 0 Å². The van der Waals surface area contributed by atoms with Crippen LogP contribution < -0.4 is 21.7 Å². The molecule has 0 fully saturated rings. The highest BCUT2D eigenvalue weighted by Gasteiger charge is 2.31. The first-order valence-electron chi connectivity index (χ1n) is 15.1. The van der Waals surface area contributed by atoms with Gasteiger partial charge in [0.15, 0.2) is 0 Å². The van der Waals surface area contributed by atoms with Crippen LogP contribution in [-0.4, -0.2) is 74.9 Å². The Morgan fingerprint density at radius 2 is 1.29 bits per heavy atom. The van der Waals surface area contributed by atoms with Crippen molar-refractivity contribution >= 4 is 57.3 Å². The molecule has 0 saturated heterocycles. The Hall–Kier alpha value is -4.29. The topological polar surface area (TPSA) is 182 Å². The van der Waals surface area contributed by atoms with E-state index in [0.29, 0.717) is 12.2 Å². The fourth-order valence-electron chi connectivity index (χ4n) is 5.38. The molecule has 0 radical (unpaired) electrons. The van der Waals surface area contributed by atoms with Gasteiger partial charge in [-0.15, -0.1) is 0 Å². The standard InChI is InChI=1S/C33H42N6O5S/c1-19(2)14-29(33(43)44)39-32(42)28(16-21-18-36-26-11-7-5-9-23(21)26)38-31(41)27(12-13-45-3)37-30(40)24(34)15-20-17-35-25-10-6-4-8-22(20)25/h4-11,17-19,24,27-29,35-36H,12-16,34H2,1-3H3,(H,37,40)(H,38,41)(H,39,42)(H,43,44). The van der Waals surface area contributed by atoms with Crippen LogP contribution in [0.15, 0.2) is 60.9 Å². The van der Waals surface area contributed by atoms with Crippen LogP contribution in [-0.2, 0) is 32.0 Å². The average Bonchev–Trinajstić information content (AvgIpc) is 3.62. The van der Waals surface area contributed by atoms with E-state index in [-0.39, 0.29) is 25.2 Å². The zero-order valence-electron chi connectivity index (χ0n) is 25.8. The van der Waals surface area contributed by atoms with Crippen molar-refractivity contribution in [2.75, 3.05) is 12.0 Å². The second kappa shape index (κ2) is 15.6. The molecule has 4 atom stereocenters. The van der Waals surface area contributed by atoms with Crippen molar-refractivity contribution in [2.45, 2.75) is 63.7 Å². The number of carbonyl (C=O) groups excluding carboxylic acids is 3. The number of benzene rings is 2. The number of para-hydroxylation sites is 2. The van der Waals surface area contributed by atoms with Crippen molar-refractivity contribution in [2.24, 2.45) is 11.7 Å². The molecule has 11 nitrogen and oxygen atoms in total. The van der Waals surface area contributed by atoms with Gasteiger partial charge in [0.2, 0.25) is 17.7 Å². The summed E-state index contributed by atoms with van der Waals surface area (Å²) in [6, 6.07) is 11.2. The lowest BCUT2D eigenvalue weighted by Crippen LogP contribution is -2.58. The van der Waals surface area contributed by atoms with Crippen LogP contribution in [0.25, 0.3) is 21.8 Å². The first-order valence-corrected chi connectivity index (χ1v) is 16.4. The van der Waals surface area contributed by atoms with Crippen LogP contribution in [0.1, 0.15) is 37.8 Å². The van der Waals surface area contributed by atoms with Crippen LogP contribution >= 0.6 is 11.8 Å². The molecule has 2 aromatic carbocycles. The second-order valence-corrected chi connectivity index (χ2v) is 12.7. The number of fused-ring (bicyclic) bond motifs is 2. The number of amides is 3. The molecule has 0 aliphatic carbocycles. The normalized spacial score (nSPS) is 14.2. The highest BCUT2D eigenvalue weighted by Crippen LogP contribution is 2.21. The van der Waals surface area contributed by atoms with Gasteiger partial charge in [-0.3, -0.25) is 14.4 Å². The molecular formula is C33H42N6O5S. The summed E-state index contributed by atoms with van der Waals surface area (Å²) in [5.41, 5.74) is 9.79. The smallest absolute Gasteiger partial charge is 0.326 e. The summed E-state index contributed by atoms with van der Waals surface area (Å²) in [4.78, 5) is 58.8. The summed E-state index contributed by atoms with van der Waals surface area (Å²) in [5.74, 6) is -2.21. The predicted octanol–water partition coefficient (Wildman–Crippen LogP) is 3.10. The minimum Gasteiger partial charge on any atom is -0.480 e. The van der Waals surface area contributed by atoms with Crippen LogP contribution in [0.2, 0.25) is 0 Å². The van der Waals surface area contributed by atoms with Crippen molar-refractivity contribution in [3.8, 4) is 0 Å². The van der Waals surface area contributed by atoms with E-state index < -0.39 is 47.9 Å². The highest BCUT2D eigenvalue weighted by molar-refractivity contribution is 7.98. The van der Waals surface area contributed by atoms with Gasteiger partial charge in [-0.25, -0.2) is 4.79 Å². The van der Waals surface area contributed by atoms with Gasteiger partial charge < -0.3 is 36.8 Å². The van der Waals surface area contributed by atoms with E-state index in [1.165, 1.54) is 11.8 Å². The summed E-state index contributed by atoms with van der Waals surface area (Å²) in [6.07, 6.45) is 6.42. The minimum atomic E-state index is -1.15. The average molecular weight is 635 g/mol. The molecule has 3 amide bonds. The van der Waals surface area contributed by atoms with Gasteiger partial charge in [-0.1, -0.05) is 50.2 Å². The molecule has 0 saturated carbocycles. The molecule has 0 bridgehead atoms. The first kappa shape index (κ1) is 33.6. The Labute approximate surface area is 266 Å². The molecule has 4 aromatic rings. The molecule has 4 unspecified atom stereocenters. The Balaban J connectivity index is 1.52. The third kappa shape index (κ3) is 8.89. The summed E-state index contributed by atoms with van der Waals surface area (Å²) in [7, 11) is 0. The third-order valence-electron chi connectivity index (χ3n) is 7.75. The number of hydrogen-bond donors (Lipinski definition) is 7. The maximum Gasteiger partial charge on any atom is 0.326 e. The van der Waals surface area contributed by atoms with E-state index in [1.807, 2.05) is 74.8 Å². The lowest BCUT2D eigenvalue weighted by Gasteiger charge is -2.25. The van der Waals surface area contributed by atoms with Crippen molar-refractivity contribution in [3.05, 3.63) is 72.1 Å². The lowest BCUT2D eigenvalue weighted by molar-refractivity contribution is -0.142. The number of carbonyl (C=O) groups is 4. The number of carboxylic acid groups (broad SMARTS) is 1. The van der Waals surface area contributed by atoms with Crippen molar-refractivity contribution in [3.63, 3.8) is 0 Å². The summed E-state index contributed by atoms with van der Waals surface area (Å²) in [6.45, 7) is 3.74. The molecule has 240 valence electrons. The Morgan fingerprint density at radius 3 is 1.84 bits per heavy atom. The van der Waals surface area contributed by atoms with Crippen LogP contribution in [0.5, 0.6) is 0 Å². The number of aromatic nitrogens is 2.